The third-order valence-electron chi connectivity index (χ3n) is 10.5. The summed E-state index contributed by atoms with van der Waals surface area (Å²) in [5.41, 5.74) is 0. The summed E-state index contributed by atoms with van der Waals surface area (Å²) in [7, 11) is -6.65. The quantitative estimate of drug-likeness (QED) is 0.491. The van der Waals surface area contributed by atoms with Crippen molar-refractivity contribution in [3.63, 3.8) is 0 Å². The van der Waals surface area contributed by atoms with Crippen LogP contribution in [0.4, 0.5) is 0 Å². The summed E-state index contributed by atoms with van der Waals surface area (Å²) in [6, 6.07) is 17.5. The van der Waals surface area contributed by atoms with Crippen molar-refractivity contribution in [2.75, 3.05) is 11.5 Å². The van der Waals surface area contributed by atoms with Crippen LogP contribution in [0.25, 0.3) is 0 Å². The molecule has 8 heteroatoms. The van der Waals surface area contributed by atoms with E-state index >= 15 is 0 Å². The third kappa shape index (κ3) is 3.01. The maximum atomic E-state index is 13.1. The molecule has 4 saturated carbocycles. The number of ether oxygens (including phenoxy) is 2. The zero-order valence-corrected chi connectivity index (χ0v) is 21.4. The molecule has 4 unspecified atom stereocenters. The van der Waals surface area contributed by atoms with Crippen LogP contribution in [0.1, 0.15) is 12.8 Å². The van der Waals surface area contributed by atoms with Crippen molar-refractivity contribution in [1.82, 2.24) is 0 Å². The largest absolute Gasteiger partial charge is 0.369 e. The number of hydrogen-bond acceptors (Lipinski definition) is 6. The minimum absolute atomic E-state index is 0.164. The Morgan fingerprint density at radius 1 is 0.500 bits per heavy atom. The van der Waals surface area contributed by atoms with E-state index < -0.39 is 19.7 Å². The summed E-state index contributed by atoms with van der Waals surface area (Å²) >= 11 is 0. The molecule has 4 aliphatic carbocycles. The number of hydrogen-bond donors (Lipinski definition) is 0. The molecule has 0 spiro atoms. The smallest absolute Gasteiger partial charge is 0.178 e. The van der Waals surface area contributed by atoms with Gasteiger partial charge in [0.1, 0.15) is 0 Å². The van der Waals surface area contributed by atoms with E-state index in [2.05, 4.69) is 0 Å². The Bertz CT molecular complexity index is 1270. The fourth-order valence-electron chi connectivity index (χ4n) is 9.40. The number of fused-ring (bicyclic) bond motifs is 6. The maximum absolute atomic E-state index is 13.1. The number of epoxide rings is 2. The van der Waals surface area contributed by atoms with E-state index in [4.69, 9.17) is 9.47 Å². The van der Waals surface area contributed by atoms with Crippen molar-refractivity contribution in [2.45, 2.75) is 47.0 Å². The number of rotatable bonds is 8. The van der Waals surface area contributed by atoms with Gasteiger partial charge in [-0.3, -0.25) is 0 Å². The van der Waals surface area contributed by atoms with Crippen molar-refractivity contribution in [3.8, 4) is 0 Å². The molecule has 0 radical (unpaired) electrons. The molecule has 6 aliphatic rings. The highest BCUT2D eigenvalue weighted by Gasteiger charge is 2.83. The Balaban J connectivity index is 1.04. The van der Waals surface area contributed by atoms with Gasteiger partial charge in [0.05, 0.1) is 45.7 Å². The fourth-order valence-corrected chi connectivity index (χ4v) is 12.2. The van der Waals surface area contributed by atoms with Gasteiger partial charge in [0, 0.05) is 0 Å². The topological polar surface area (TPSA) is 93.3 Å². The van der Waals surface area contributed by atoms with Gasteiger partial charge in [-0.25, -0.2) is 16.8 Å². The summed E-state index contributed by atoms with van der Waals surface area (Å²) in [4.78, 5) is 0.801. The predicted octanol–water partition coefficient (Wildman–Crippen LogP) is 3.23. The van der Waals surface area contributed by atoms with Crippen molar-refractivity contribution in [3.05, 3.63) is 60.7 Å². The fraction of sp³-hybridized carbons (Fsp3) is 0.571. The molecule has 190 valence electrons. The van der Waals surface area contributed by atoms with Gasteiger partial charge < -0.3 is 9.47 Å². The summed E-state index contributed by atoms with van der Waals surface area (Å²) in [5.74, 6) is 3.60. The van der Waals surface area contributed by atoms with Crippen LogP contribution in [0.2, 0.25) is 0 Å². The minimum atomic E-state index is -3.33. The molecule has 6 fully saturated rings. The summed E-state index contributed by atoms with van der Waals surface area (Å²) in [6.07, 6.45) is 2.21. The van der Waals surface area contributed by atoms with E-state index in [9.17, 15) is 16.8 Å². The van der Waals surface area contributed by atoms with E-state index in [0.29, 0.717) is 70.0 Å². The molecule has 6 nitrogen and oxygen atoms in total. The molecule has 2 aliphatic heterocycles. The lowest BCUT2D eigenvalue weighted by Crippen LogP contribution is -2.28. The summed E-state index contributed by atoms with van der Waals surface area (Å²) in [6.45, 7) is 0. The molecule has 0 amide bonds. The van der Waals surface area contributed by atoms with Gasteiger partial charge in [0.15, 0.2) is 19.7 Å². The van der Waals surface area contributed by atoms with Crippen molar-refractivity contribution < 1.29 is 26.3 Å². The first-order chi connectivity index (χ1) is 17.4. The Hall–Kier alpha value is -1.74. The lowest BCUT2D eigenvalue weighted by atomic mass is 9.81. The zero-order valence-electron chi connectivity index (χ0n) is 19.8. The lowest BCUT2D eigenvalue weighted by molar-refractivity contribution is 0.106. The third-order valence-corrected chi connectivity index (χ3v) is 14.0. The Morgan fingerprint density at radius 2 is 0.833 bits per heavy atom. The van der Waals surface area contributed by atoms with Gasteiger partial charge in [0.2, 0.25) is 0 Å². The number of benzene rings is 2. The van der Waals surface area contributed by atoms with Gasteiger partial charge in [-0.15, -0.1) is 0 Å². The summed E-state index contributed by atoms with van der Waals surface area (Å²) < 4.78 is 64.7. The van der Waals surface area contributed by atoms with E-state index in [1.54, 1.807) is 48.5 Å². The highest BCUT2D eigenvalue weighted by atomic mass is 32.2. The van der Waals surface area contributed by atoms with E-state index in [1.807, 2.05) is 12.1 Å². The molecule has 0 N–H and O–H groups in total. The van der Waals surface area contributed by atoms with Crippen LogP contribution in [0.5, 0.6) is 0 Å². The highest BCUT2D eigenvalue weighted by molar-refractivity contribution is 7.91. The van der Waals surface area contributed by atoms with Crippen LogP contribution >= 0.6 is 0 Å². The lowest BCUT2D eigenvalue weighted by Gasteiger charge is -2.28. The molecule has 0 bridgehead atoms. The van der Waals surface area contributed by atoms with Crippen LogP contribution in [0, 0.1) is 47.3 Å². The van der Waals surface area contributed by atoms with Gasteiger partial charge in [-0.2, -0.15) is 0 Å². The molecule has 2 saturated heterocycles. The van der Waals surface area contributed by atoms with Crippen LogP contribution in [0.15, 0.2) is 70.5 Å². The van der Waals surface area contributed by atoms with E-state index in [1.165, 1.54) is 0 Å². The molecule has 36 heavy (non-hydrogen) atoms. The SMILES string of the molecule is O=S(=O)(CCC1[C@@H]2C3C4[C@H]1[C@H]1O[C@H]1[C@H]4C(CCS(=O)(=O)c1ccccc1)[C@H]3[C@H]1O[C@H]21)c1ccccc1. The normalized spacial score (nSPS) is 44.8. The van der Waals surface area contributed by atoms with E-state index in [-0.39, 0.29) is 35.9 Å². The second-order valence-corrected chi connectivity index (χ2v) is 16.0. The second kappa shape index (κ2) is 7.43. The monoisotopic (exact) mass is 526 g/mol. The highest BCUT2D eigenvalue weighted by Crippen LogP contribution is 2.79. The molecular weight excluding hydrogens is 496 g/mol. The van der Waals surface area contributed by atoms with Gasteiger partial charge in [-0.1, -0.05) is 36.4 Å². The van der Waals surface area contributed by atoms with Crippen LogP contribution in [-0.4, -0.2) is 52.8 Å². The maximum Gasteiger partial charge on any atom is 0.178 e. The van der Waals surface area contributed by atoms with Crippen LogP contribution in [-0.2, 0) is 29.1 Å². The van der Waals surface area contributed by atoms with Crippen molar-refractivity contribution in [1.29, 1.82) is 0 Å². The standard InChI is InChI=1S/C28H30O6S2/c29-35(30,15-7-3-1-4-8-15)13-11-17-19-23-21(27-25(19)33-27)18(22-24(23)20(17)26-28(22)34-26)12-14-36(31,32)16-9-5-2-6-10-16/h1-10,17-28H,11-14H2/t17?,18?,19-,20+,21-,22+,23?,24?,25-,26-,27-,28+/m1/s1. The summed E-state index contributed by atoms with van der Waals surface area (Å²) in [5, 5.41) is 0. The van der Waals surface area contributed by atoms with Crippen LogP contribution in [0.3, 0.4) is 0 Å². The molecule has 0 aromatic heterocycles. The molecule has 2 aromatic carbocycles. The van der Waals surface area contributed by atoms with Gasteiger partial charge in [-0.05, 0) is 84.5 Å². The van der Waals surface area contributed by atoms with E-state index in [0.717, 1.165) is 0 Å². The Kier molecular flexibility index (Phi) is 4.59. The minimum Gasteiger partial charge on any atom is -0.369 e. The molecular formula is C28H30O6S2. The molecule has 8 rings (SSSR count). The average Bonchev–Trinajstić information content (AvgIpc) is 3.71. The second-order valence-electron chi connectivity index (χ2n) is 11.8. The molecule has 12 atom stereocenters. The Morgan fingerprint density at radius 3 is 1.17 bits per heavy atom. The molecule has 2 aromatic rings. The first-order valence-corrected chi connectivity index (χ1v) is 16.5. The first-order valence-electron chi connectivity index (χ1n) is 13.2. The Labute approximate surface area is 212 Å². The zero-order chi connectivity index (χ0) is 24.4. The molecule has 2 heterocycles. The number of sulfone groups is 2. The van der Waals surface area contributed by atoms with Crippen molar-refractivity contribution in [2.24, 2.45) is 47.3 Å². The van der Waals surface area contributed by atoms with Gasteiger partial charge in [0.25, 0.3) is 0 Å². The average molecular weight is 527 g/mol. The van der Waals surface area contributed by atoms with Crippen LogP contribution < -0.4 is 0 Å². The van der Waals surface area contributed by atoms with Crippen molar-refractivity contribution >= 4 is 19.7 Å². The first kappa shape index (κ1) is 22.3. The van der Waals surface area contributed by atoms with Gasteiger partial charge >= 0.3 is 0 Å². The predicted molar refractivity (Wildman–Crippen MR) is 131 cm³/mol.